The van der Waals surface area contributed by atoms with Gasteiger partial charge in [0.2, 0.25) is 12.7 Å². The minimum atomic E-state index is -0.640. The Kier molecular flexibility index (Phi) is 3.17. The molecule has 2 saturated carbocycles. The fourth-order valence-corrected chi connectivity index (χ4v) is 4.57. The third-order valence-electron chi connectivity index (χ3n) is 6.26. The summed E-state index contributed by atoms with van der Waals surface area (Å²) in [7, 11) is 0. The standard InChI is InChI=1S/C18H20N2O5/c1-10-17(2,3)11-4-5-18(10,8-11)16(21)19-12-6-14-15(25-9-24-14)7-13(12)20(22)23/h6-7,11H,1,4-5,8-9H2,2-3H3,(H,19,21). The molecule has 1 aromatic rings. The van der Waals surface area contributed by atoms with Crippen LogP contribution >= 0.6 is 0 Å². The van der Waals surface area contributed by atoms with Crippen molar-refractivity contribution < 1.29 is 19.2 Å². The normalized spacial score (nSPS) is 28.2. The molecule has 0 aromatic heterocycles. The van der Waals surface area contributed by atoms with Crippen LogP contribution < -0.4 is 14.8 Å². The highest BCUT2D eigenvalue weighted by atomic mass is 16.7. The minimum absolute atomic E-state index is 0.0144. The maximum Gasteiger partial charge on any atom is 0.296 e. The third kappa shape index (κ3) is 2.08. The molecular weight excluding hydrogens is 324 g/mol. The molecule has 2 bridgehead atoms. The number of nitro groups is 1. The Morgan fingerprint density at radius 3 is 2.64 bits per heavy atom. The molecule has 7 nitrogen and oxygen atoms in total. The number of anilines is 1. The van der Waals surface area contributed by atoms with Gasteiger partial charge in [0.15, 0.2) is 11.5 Å². The molecular formula is C18H20N2O5. The molecule has 132 valence electrons. The van der Waals surface area contributed by atoms with Gasteiger partial charge in [0.1, 0.15) is 5.69 Å². The van der Waals surface area contributed by atoms with Crippen LogP contribution in [0.4, 0.5) is 11.4 Å². The molecule has 25 heavy (non-hydrogen) atoms. The van der Waals surface area contributed by atoms with Crippen molar-refractivity contribution in [3.63, 3.8) is 0 Å². The molecule has 1 N–H and O–H groups in total. The zero-order valence-electron chi connectivity index (χ0n) is 14.3. The van der Waals surface area contributed by atoms with Gasteiger partial charge in [0, 0.05) is 6.07 Å². The van der Waals surface area contributed by atoms with E-state index in [1.54, 1.807) is 0 Å². The van der Waals surface area contributed by atoms with E-state index in [-0.39, 0.29) is 29.5 Å². The summed E-state index contributed by atoms with van der Waals surface area (Å²) in [5.74, 6) is 0.925. The zero-order chi connectivity index (χ0) is 18.0. The summed E-state index contributed by atoms with van der Waals surface area (Å²) in [4.78, 5) is 24.0. The number of rotatable bonds is 3. The molecule has 0 spiro atoms. The van der Waals surface area contributed by atoms with E-state index >= 15 is 0 Å². The van der Waals surface area contributed by atoms with E-state index in [0.29, 0.717) is 17.4 Å². The fraction of sp³-hybridized carbons (Fsp3) is 0.500. The molecule has 1 heterocycles. The topological polar surface area (TPSA) is 90.7 Å². The highest BCUT2D eigenvalue weighted by Gasteiger charge is 2.61. The van der Waals surface area contributed by atoms with Gasteiger partial charge in [0.25, 0.3) is 5.69 Å². The summed E-state index contributed by atoms with van der Waals surface area (Å²) in [6, 6.07) is 2.75. The Hall–Kier alpha value is -2.57. The van der Waals surface area contributed by atoms with Crippen LogP contribution in [0.3, 0.4) is 0 Å². The molecule has 3 aliphatic rings. The number of benzene rings is 1. The lowest BCUT2D eigenvalue weighted by molar-refractivity contribution is -0.384. The van der Waals surface area contributed by atoms with Gasteiger partial charge in [-0.25, -0.2) is 0 Å². The Balaban J connectivity index is 1.68. The molecule has 7 heteroatoms. The lowest BCUT2D eigenvalue weighted by Crippen LogP contribution is -2.37. The average molecular weight is 344 g/mol. The predicted molar refractivity (Wildman–Crippen MR) is 90.5 cm³/mol. The molecule has 0 radical (unpaired) electrons. The number of nitrogens with zero attached hydrogens (tertiary/aromatic N) is 1. The summed E-state index contributed by atoms with van der Waals surface area (Å²) < 4.78 is 10.5. The van der Waals surface area contributed by atoms with Gasteiger partial charge in [-0.2, -0.15) is 0 Å². The number of nitro benzene ring substituents is 1. The Morgan fingerprint density at radius 2 is 2.04 bits per heavy atom. The van der Waals surface area contributed by atoms with E-state index < -0.39 is 10.3 Å². The number of ether oxygens (including phenoxy) is 2. The van der Waals surface area contributed by atoms with Crippen molar-refractivity contribution in [2.75, 3.05) is 12.1 Å². The van der Waals surface area contributed by atoms with Crippen molar-refractivity contribution in [3.05, 3.63) is 34.4 Å². The first kappa shape index (κ1) is 15.9. The molecule has 0 saturated heterocycles. The van der Waals surface area contributed by atoms with E-state index in [2.05, 4.69) is 25.7 Å². The smallest absolute Gasteiger partial charge is 0.296 e. The molecule has 2 aliphatic carbocycles. The molecule has 1 amide bonds. The van der Waals surface area contributed by atoms with Crippen LogP contribution in [-0.4, -0.2) is 17.6 Å². The van der Waals surface area contributed by atoms with Gasteiger partial charge in [-0.1, -0.05) is 26.0 Å². The quantitative estimate of drug-likeness (QED) is 0.513. The molecule has 1 aromatic carbocycles. The first-order valence-electron chi connectivity index (χ1n) is 8.35. The maximum absolute atomic E-state index is 13.1. The first-order chi connectivity index (χ1) is 11.8. The van der Waals surface area contributed by atoms with Crippen molar-refractivity contribution in [2.24, 2.45) is 16.7 Å². The summed E-state index contributed by atoms with van der Waals surface area (Å²) >= 11 is 0. The monoisotopic (exact) mass is 344 g/mol. The Bertz CT molecular complexity index is 816. The van der Waals surface area contributed by atoms with Crippen molar-refractivity contribution >= 4 is 17.3 Å². The number of carbonyl (C=O) groups is 1. The first-order valence-corrected chi connectivity index (χ1v) is 8.35. The van der Waals surface area contributed by atoms with Crippen LogP contribution in [0.2, 0.25) is 0 Å². The van der Waals surface area contributed by atoms with Crippen molar-refractivity contribution in [1.82, 2.24) is 0 Å². The van der Waals surface area contributed by atoms with Crippen LogP contribution in [-0.2, 0) is 4.79 Å². The molecule has 4 rings (SSSR count). The van der Waals surface area contributed by atoms with Gasteiger partial charge in [0.05, 0.1) is 16.4 Å². The second-order valence-corrected chi connectivity index (χ2v) is 7.66. The number of amides is 1. The summed E-state index contributed by atoms with van der Waals surface area (Å²) in [5.41, 5.74) is 0.132. The molecule has 2 fully saturated rings. The van der Waals surface area contributed by atoms with E-state index in [0.717, 1.165) is 24.8 Å². The van der Waals surface area contributed by atoms with E-state index in [1.807, 2.05) is 0 Å². The van der Waals surface area contributed by atoms with Crippen molar-refractivity contribution in [3.8, 4) is 11.5 Å². The van der Waals surface area contributed by atoms with Crippen LogP contribution in [0, 0.1) is 26.9 Å². The molecule has 2 atom stereocenters. The number of hydrogen-bond acceptors (Lipinski definition) is 5. The second-order valence-electron chi connectivity index (χ2n) is 7.66. The zero-order valence-corrected chi connectivity index (χ0v) is 14.3. The van der Waals surface area contributed by atoms with Crippen molar-refractivity contribution in [2.45, 2.75) is 33.1 Å². The van der Waals surface area contributed by atoms with Gasteiger partial charge < -0.3 is 14.8 Å². The van der Waals surface area contributed by atoms with Crippen LogP contribution in [0.15, 0.2) is 24.3 Å². The minimum Gasteiger partial charge on any atom is -0.454 e. The van der Waals surface area contributed by atoms with Gasteiger partial charge >= 0.3 is 0 Å². The van der Waals surface area contributed by atoms with Crippen LogP contribution in [0.1, 0.15) is 33.1 Å². The largest absolute Gasteiger partial charge is 0.454 e. The maximum atomic E-state index is 13.1. The fourth-order valence-electron chi connectivity index (χ4n) is 4.57. The third-order valence-corrected chi connectivity index (χ3v) is 6.26. The highest BCUT2D eigenvalue weighted by Crippen LogP contribution is 2.65. The number of fused-ring (bicyclic) bond motifs is 3. The number of hydrogen-bond donors (Lipinski definition) is 1. The number of nitrogens with one attached hydrogen (secondary N) is 1. The number of carbonyl (C=O) groups excluding carboxylic acids is 1. The summed E-state index contributed by atoms with van der Waals surface area (Å²) in [6.07, 6.45) is 2.47. The summed E-state index contributed by atoms with van der Waals surface area (Å²) in [6.45, 7) is 8.46. The van der Waals surface area contributed by atoms with Gasteiger partial charge in [-0.3, -0.25) is 14.9 Å². The second kappa shape index (κ2) is 4.97. The van der Waals surface area contributed by atoms with Crippen LogP contribution in [0.5, 0.6) is 11.5 Å². The Labute approximate surface area is 145 Å². The van der Waals surface area contributed by atoms with E-state index in [9.17, 15) is 14.9 Å². The lowest BCUT2D eigenvalue weighted by atomic mass is 9.68. The van der Waals surface area contributed by atoms with Crippen LogP contribution in [0.25, 0.3) is 0 Å². The Morgan fingerprint density at radius 1 is 1.36 bits per heavy atom. The highest BCUT2D eigenvalue weighted by molar-refractivity contribution is 6.00. The van der Waals surface area contributed by atoms with E-state index in [4.69, 9.17) is 9.47 Å². The van der Waals surface area contributed by atoms with Gasteiger partial charge in [-0.05, 0) is 30.6 Å². The van der Waals surface area contributed by atoms with Gasteiger partial charge in [-0.15, -0.1) is 0 Å². The predicted octanol–water partition coefficient (Wildman–Crippen LogP) is 3.64. The molecule has 2 unspecified atom stereocenters. The summed E-state index contributed by atoms with van der Waals surface area (Å²) in [5, 5.41) is 14.2. The SMILES string of the molecule is C=C1C2(C(=O)Nc3cc4c(cc3[N+](=O)[O-])OCO4)CCC(C2)C1(C)C. The van der Waals surface area contributed by atoms with E-state index in [1.165, 1.54) is 12.1 Å². The van der Waals surface area contributed by atoms with Crippen molar-refractivity contribution in [1.29, 1.82) is 0 Å². The lowest BCUT2D eigenvalue weighted by Gasteiger charge is -2.37. The molecule has 1 aliphatic heterocycles. The average Bonchev–Trinajstić information content (AvgIpc) is 3.23.